The van der Waals surface area contributed by atoms with Gasteiger partial charge in [-0.15, -0.1) is 0 Å². The van der Waals surface area contributed by atoms with Gasteiger partial charge >= 0.3 is 0 Å². The van der Waals surface area contributed by atoms with Crippen LogP contribution in [0.1, 0.15) is 19.8 Å². The molecule has 3 heteroatoms. The number of hydrogen-bond donors (Lipinski definition) is 1. The van der Waals surface area contributed by atoms with Crippen LogP contribution in [-0.4, -0.2) is 38.5 Å². The van der Waals surface area contributed by atoms with Crippen LogP contribution in [-0.2, 0) is 4.79 Å². The summed E-state index contributed by atoms with van der Waals surface area (Å²) in [4.78, 5) is 11.5. The summed E-state index contributed by atoms with van der Waals surface area (Å²) in [6, 6.07) is 0. The van der Waals surface area contributed by atoms with Gasteiger partial charge in [0.15, 0.2) is 0 Å². The quantitative estimate of drug-likeness (QED) is 0.591. The van der Waals surface area contributed by atoms with Crippen LogP contribution >= 0.6 is 0 Å². The Balaban J connectivity index is 0.000000261. The number of carbonyl (C=O) groups excluding carboxylic acids is 1. The molecule has 0 aromatic rings. The molecule has 1 aliphatic heterocycles. The molecule has 0 aromatic carbocycles. The molecule has 0 saturated carbocycles. The van der Waals surface area contributed by atoms with Crippen LogP contribution in [0.3, 0.4) is 0 Å². The Bertz CT molecular complexity index is 109. The fourth-order valence-electron chi connectivity index (χ4n) is 1.42. The zero-order valence-electron chi connectivity index (χ0n) is 8.34. The average Bonchev–Trinajstić information content (AvgIpc) is 2.04. The molecule has 0 aromatic heterocycles. The minimum atomic E-state index is 0.625. The molecule has 0 aliphatic carbocycles. The maximum atomic E-state index is 9.06. The fraction of sp³-hybridized carbons (Fsp3) is 0.889. The molecule has 1 aliphatic rings. The number of hydrogen-bond acceptors (Lipinski definition) is 2. The van der Waals surface area contributed by atoms with Gasteiger partial charge in [-0.05, 0) is 32.4 Å². The second kappa shape index (κ2) is 7.10. The second-order valence-corrected chi connectivity index (χ2v) is 3.42. The number of rotatable bonds is 1. The van der Waals surface area contributed by atoms with E-state index in [1.54, 1.807) is 7.05 Å². The third-order valence-electron chi connectivity index (χ3n) is 1.98. The van der Waals surface area contributed by atoms with Crippen LogP contribution < -0.4 is 5.32 Å². The molecule has 1 heterocycles. The fourth-order valence-corrected chi connectivity index (χ4v) is 1.42. The van der Waals surface area contributed by atoms with Gasteiger partial charge in [-0.1, -0.05) is 6.92 Å². The number of likely N-dealkylation sites (tertiary alicyclic amines) is 1. The first kappa shape index (κ1) is 11.4. The van der Waals surface area contributed by atoms with Crippen molar-refractivity contribution < 1.29 is 4.79 Å². The molecule has 1 fully saturated rings. The Labute approximate surface area is 75.1 Å². The highest BCUT2D eigenvalue weighted by atomic mass is 16.1. The van der Waals surface area contributed by atoms with E-state index in [9.17, 15) is 0 Å². The molecule has 1 amide bonds. The van der Waals surface area contributed by atoms with Gasteiger partial charge in [0.1, 0.15) is 0 Å². The summed E-state index contributed by atoms with van der Waals surface area (Å²) in [7, 11) is 3.77. The van der Waals surface area contributed by atoms with Crippen LogP contribution in [0, 0.1) is 5.92 Å². The zero-order valence-corrected chi connectivity index (χ0v) is 8.34. The molecule has 1 rings (SSSR count). The highest BCUT2D eigenvalue weighted by Gasteiger charge is 2.11. The highest BCUT2D eigenvalue weighted by Crippen LogP contribution is 2.12. The largest absolute Gasteiger partial charge is 0.362 e. The summed E-state index contributed by atoms with van der Waals surface area (Å²) in [6.07, 6.45) is 3.46. The number of nitrogens with zero attached hydrogens (tertiary/aromatic N) is 1. The lowest BCUT2D eigenvalue weighted by atomic mass is 10.0. The Morgan fingerprint density at radius 3 is 2.42 bits per heavy atom. The minimum Gasteiger partial charge on any atom is -0.362 e. The first-order valence-electron chi connectivity index (χ1n) is 4.50. The van der Waals surface area contributed by atoms with Crippen molar-refractivity contribution in [3.63, 3.8) is 0 Å². The van der Waals surface area contributed by atoms with Crippen molar-refractivity contribution in [2.24, 2.45) is 5.92 Å². The first-order chi connectivity index (χ1) is 5.70. The van der Waals surface area contributed by atoms with Gasteiger partial charge in [0, 0.05) is 13.6 Å². The van der Waals surface area contributed by atoms with Crippen LogP contribution in [0.2, 0.25) is 0 Å². The smallest absolute Gasteiger partial charge is 0.206 e. The van der Waals surface area contributed by atoms with Gasteiger partial charge < -0.3 is 10.2 Å². The molecule has 12 heavy (non-hydrogen) atoms. The molecule has 0 bridgehead atoms. The normalized spacial score (nSPS) is 23.8. The Kier molecular flexibility index (Phi) is 6.76. The second-order valence-electron chi connectivity index (χ2n) is 3.42. The van der Waals surface area contributed by atoms with Gasteiger partial charge in [-0.3, -0.25) is 4.79 Å². The summed E-state index contributed by atoms with van der Waals surface area (Å²) in [5, 5.41) is 2.25. The molecule has 3 nitrogen and oxygen atoms in total. The monoisotopic (exact) mass is 172 g/mol. The van der Waals surface area contributed by atoms with Gasteiger partial charge in [0.05, 0.1) is 0 Å². The van der Waals surface area contributed by atoms with E-state index >= 15 is 0 Å². The maximum absolute atomic E-state index is 9.06. The van der Waals surface area contributed by atoms with E-state index in [4.69, 9.17) is 4.79 Å². The predicted octanol–water partition coefficient (Wildman–Crippen LogP) is 0.710. The van der Waals surface area contributed by atoms with E-state index in [1.165, 1.54) is 25.9 Å². The van der Waals surface area contributed by atoms with Gasteiger partial charge in [0.2, 0.25) is 6.41 Å². The predicted molar refractivity (Wildman–Crippen MR) is 51.0 cm³/mol. The third-order valence-corrected chi connectivity index (χ3v) is 1.98. The van der Waals surface area contributed by atoms with Crippen molar-refractivity contribution in [3.8, 4) is 0 Å². The molecule has 1 saturated heterocycles. The third kappa shape index (κ3) is 6.16. The molecule has 1 N–H and O–H groups in total. The molecule has 0 spiro atoms. The molecule has 0 radical (unpaired) electrons. The van der Waals surface area contributed by atoms with Crippen molar-refractivity contribution in [2.45, 2.75) is 19.8 Å². The summed E-state index contributed by atoms with van der Waals surface area (Å²) in [5.41, 5.74) is 0. The van der Waals surface area contributed by atoms with E-state index < -0.39 is 0 Å². The van der Waals surface area contributed by atoms with Crippen molar-refractivity contribution in [1.82, 2.24) is 10.2 Å². The molecular formula is C9H20N2O. The van der Waals surface area contributed by atoms with Crippen LogP contribution in [0.5, 0.6) is 0 Å². The Morgan fingerprint density at radius 1 is 1.58 bits per heavy atom. The van der Waals surface area contributed by atoms with Gasteiger partial charge in [0.25, 0.3) is 0 Å². The SMILES string of the molecule is CC1CCCN(C)C1.CNC=O. The Morgan fingerprint density at radius 2 is 2.17 bits per heavy atom. The van der Waals surface area contributed by atoms with E-state index in [0.29, 0.717) is 6.41 Å². The zero-order chi connectivity index (χ0) is 9.40. The van der Waals surface area contributed by atoms with E-state index in [2.05, 4.69) is 24.2 Å². The number of piperidine rings is 1. The number of amides is 1. The lowest BCUT2D eigenvalue weighted by molar-refractivity contribution is -0.109. The average molecular weight is 172 g/mol. The van der Waals surface area contributed by atoms with Crippen molar-refractivity contribution in [3.05, 3.63) is 0 Å². The van der Waals surface area contributed by atoms with Crippen LogP contribution in [0.4, 0.5) is 0 Å². The molecule has 1 unspecified atom stereocenters. The van der Waals surface area contributed by atoms with Crippen molar-refractivity contribution in [1.29, 1.82) is 0 Å². The summed E-state index contributed by atoms with van der Waals surface area (Å²) < 4.78 is 0. The number of carbonyl (C=O) groups is 1. The van der Waals surface area contributed by atoms with Crippen molar-refractivity contribution >= 4 is 6.41 Å². The lowest BCUT2D eigenvalue weighted by Crippen LogP contribution is -2.30. The minimum absolute atomic E-state index is 0.625. The van der Waals surface area contributed by atoms with Gasteiger partial charge in [-0.25, -0.2) is 0 Å². The molecular weight excluding hydrogens is 152 g/mol. The standard InChI is InChI=1S/C7H15N.C2H5NO/c1-7-4-3-5-8(2)6-7;1-3-2-4/h7H,3-6H2,1-2H3;2H,1H3,(H,3,4). The summed E-state index contributed by atoms with van der Waals surface area (Å²) in [5.74, 6) is 0.939. The summed E-state index contributed by atoms with van der Waals surface area (Å²) >= 11 is 0. The maximum Gasteiger partial charge on any atom is 0.206 e. The number of nitrogens with one attached hydrogen (secondary N) is 1. The lowest BCUT2D eigenvalue weighted by Gasteiger charge is -2.26. The highest BCUT2D eigenvalue weighted by molar-refractivity contribution is 5.44. The van der Waals surface area contributed by atoms with E-state index in [-0.39, 0.29) is 0 Å². The van der Waals surface area contributed by atoms with E-state index in [0.717, 1.165) is 5.92 Å². The van der Waals surface area contributed by atoms with Gasteiger partial charge in [-0.2, -0.15) is 0 Å². The van der Waals surface area contributed by atoms with Crippen LogP contribution in [0.25, 0.3) is 0 Å². The molecule has 1 atom stereocenters. The topological polar surface area (TPSA) is 32.3 Å². The van der Waals surface area contributed by atoms with E-state index in [1.807, 2.05) is 0 Å². The van der Waals surface area contributed by atoms with Crippen molar-refractivity contribution in [2.75, 3.05) is 27.2 Å². The summed E-state index contributed by atoms with van der Waals surface area (Å²) in [6.45, 7) is 4.94. The molecule has 72 valence electrons. The Hall–Kier alpha value is -0.570. The first-order valence-corrected chi connectivity index (χ1v) is 4.50. The van der Waals surface area contributed by atoms with Crippen LogP contribution in [0.15, 0.2) is 0 Å².